The van der Waals surface area contributed by atoms with E-state index in [0.717, 1.165) is 22.4 Å². The van der Waals surface area contributed by atoms with Crippen LogP contribution >= 0.6 is 0 Å². The maximum absolute atomic E-state index is 12.4. The van der Waals surface area contributed by atoms with Crippen LogP contribution in [0.5, 0.6) is 0 Å². The van der Waals surface area contributed by atoms with Crippen molar-refractivity contribution in [2.75, 3.05) is 5.32 Å². The van der Waals surface area contributed by atoms with Crippen LogP contribution in [0.2, 0.25) is 0 Å². The van der Waals surface area contributed by atoms with Gasteiger partial charge in [-0.25, -0.2) is 0 Å². The molecule has 0 atom stereocenters. The molecule has 0 aliphatic rings. The third kappa shape index (κ3) is 3.55. The van der Waals surface area contributed by atoms with Gasteiger partial charge in [0, 0.05) is 17.4 Å². The minimum Gasteiger partial charge on any atom is -0.334 e. The molecular formula is C19H18N6O2. The zero-order chi connectivity index (χ0) is 19.0. The number of nitrogens with one attached hydrogen (secondary N) is 1. The van der Waals surface area contributed by atoms with Crippen molar-refractivity contribution in [3.63, 3.8) is 0 Å². The van der Waals surface area contributed by atoms with Crippen molar-refractivity contribution in [3.8, 4) is 11.5 Å². The zero-order valence-corrected chi connectivity index (χ0v) is 15.2. The van der Waals surface area contributed by atoms with Crippen LogP contribution < -0.4 is 5.32 Å². The van der Waals surface area contributed by atoms with Crippen molar-refractivity contribution in [2.45, 2.75) is 27.2 Å². The lowest BCUT2D eigenvalue weighted by Gasteiger charge is -2.07. The lowest BCUT2D eigenvalue weighted by molar-refractivity contribution is -0.115. The number of pyridine rings is 1. The normalized spacial score (nSPS) is 11.1. The summed E-state index contributed by atoms with van der Waals surface area (Å²) < 4.78 is 6.95. The van der Waals surface area contributed by atoms with E-state index in [4.69, 9.17) is 4.52 Å². The van der Waals surface area contributed by atoms with Gasteiger partial charge in [0.1, 0.15) is 5.82 Å². The van der Waals surface area contributed by atoms with Crippen molar-refractivity contribution in [3.05, 3.63) is 59.3 Å². The summed E-state index contributed by atoms with van der Waals surface area (Å²) in [6, 6.07) is 9.56. The van der Waals surface area contributed by atoms with Gasteiger partial charge in [-0.3, -0.25) is 9.20 Å². The summed E-state index contributed by atoms with van der Waals surface area (Å²) >= 11 is 0. The van der Waals surface area contributed by atoms with Gasteiger partial charge in [0.15, 0.2) is 11.5 Å². The van der Waals surface area contributed by atoms with Crippen molar-refractivity contribution in [1.82, 2.24) is 24.7 Å². The van der Waals surface area contributed by atoms with Crippen LogP contribution in [-0.2, 0) is 11.2 Å². The quantitative estimate of drug-likeness (QED) is 0.599. The molecule has 0 fully saturated rings. The van der Waals surface area contributed by atoms with E-state index in [9.17, 15) is 4.79 Å². The monoisotopic (exact) mass is 362 g/mol. The van der Waals surface area contributed by atoms with Gasteiger partial charge in [0.25, 0.3) is 5.89 Å². The van der Waals surface area contributed by atoms with Crippen LogP contribution in [-0.4, -0.2) is 30.6 Å². The lowest BCUT2D eigenvalue weighted by Crippen LogP contribution is -2.16. The van der Waals surface area contributed by atoms with Crippen molar-refractivity contribution in [2.24, 2.45) is 0 Å². The van der Waals surface area contributed by atoms with E-state index in [0.29, 0.717) is 23.2 Å². The second-order valence-corrected chi connectivity index (χ2v) is 6.51. The number of carbonyl (C=O) groups excluding carboxylic acids is 1. The number of benzene rings is 1. The fourth-order valence-electron chi connectivity index (χ4n) is 3.00. The molecule has 4 aromatic rings. The van der Waals surface area contributed by atoms with Gasteiger partial charge < -0.3 is 9.84 Å². The highest BCUT2D eigenvalue weighted by molar-refractivity contribution is 5.92. The number of aromatic nitrogens is 5. The molecule has 27 heavy (non-hydrogen) atoms. The summed E-state index contributed by atoms with van der Waals surface area (Å²) in [6.45, 7) is 5.75. The summed E-state index contributed by atoms with van der Waals surface area (Å²) in [5.74, 6) is 1.40. The van der Waals surface area contributed by atoms with Crippen LogP contribution in [0.1, 0.15) is 22.8 Å². The zero-order valence-electron chi connectivity index (χ0n) is 15.2. The molecule has 8 nitrogen and oxygen atoms in total. The Balaban J connectivity index is 1.54. The fourth-order valence-corrected chi connectivity index (χ4v) is 3.00. The molecule has 0 spiro atoms. The highest BCUT2D eigenvalue weighted by atomic mass is 16.5. The molecule has 4 rings (SSSR count). The van der Waals surface area contributed by atoms with Gasteiger partial charge in [0.05, 0.1) is 6.42 Å². The van der Waals surface area contributed by atoms with Gasteiger partial charge in [0.2, 0.25) is 5.91 Å². The minimum atomic E-state index is -0.147. The number of hydrogen-bond acceptors (Lipinski definition) is 6. The van der Waals surface area contributed by atoms with E-state index in [2.05, 4.69) is 31.7 Å². The van der Waals surface area contributed by atoms with E-state index in [1.54, 1.807) is 23.6 Å². The average Bonchev–Trinajstić information content (AvgIpc) is 3.20. The number of rotatable bonds is 4. The molecule has 3 aromatic heterocycles. The Morgan fingerprint density at radius 2 is 1.89 bits per heavy atom. The number of amides is 1. The molecule has 0 bridgehead atoms. The molecule has 0 radical (unpaired) electrons. The third-order valence-corrected chi connectivity index (χ3v) is 4.08. The van der Waals surface area contributed by atoms with E-state index in [1.165, 1.54) is 0 Å². The first kappa shape index (κ1) is 16.9. The predicted molar refractivity (Wildman–Crippen MR) is 99.3 cm³/mol. The molecule has 0 aliphatic carbocycles. The Hall–Kier alpha value is -3.55. The molecule has 136 valence electrons. The van der Waals surface area contributed by atoms with Gasteiger partial charge >= 0.3 is 0 Å². The van der Waals surface area contributed by atoms with Crippen LogP contribution in [0.4, 0.5) is 5.69 Å². The van der Waals surface area contributed by atoms with Gasteiger partial charge in [-0.15, -0.1) is 10.2 Å². The number of aryl methyl sites for hydroxylation is 3. The van der Waals surface area contributed by atoms with Crippen LogP contribution in [0.3, 0.4) is 0 Å². The largest absolute Gasteiger partial charge is 0.334 e. The molecule has 0 saturated carbocycles. The van der Waals surface area contributed by atoms with Gasteiger partial charge in [-0.1, -0.05) is 11.2 Å². The molecule has 1 N–H and O–H groups in total. The van der Waals surface area contributed by atoms with E-state index in [1.807, 2.05) is 32.0 Å². The Labute approximate surface area is 155 Å². The second-order valence-electron chi connectivity index (χ2n) is 6.51. The van der Waals surface area contributed by atoms with Crippen LogP contribution in [0.25, 0.3) is 17.1 Å². The van der Waals surface area contributed by atoms with Crippen molar-refractivity contribution in [1.29, 1.82) is 0 Å². The van der Waals surface area contributed by atoms with Gasteiger partial charge in [-0.05, 0) is 56.2 Å². The summed E-state index contributed by atoms with van der Waals surface area (Å²) in [7, 11) is 0. The molecule has 0 aliphatic heterocycles. The first-order valence-electron chi connectivity index (χ1n) is 8.50. The Bertz CT molecular complexity index is 1120. The topological polar surface area (TPSA) is 98.2 Å². The maximum Gasteiger partial charge on any atom is 0.258 e. The molecule has 3 heterocycles. The third-order valence-electron chi connectivity index (χ3n) is 4.08. The number of carbonyl (C=O) groups is 1. The van der Waals surface area contributed by atoms with Crippen LogP contribution in [0, 0.1) is 20.8 Å². The fraction of sp³-hybridized carbons (Fsp3) is 0.211. The Morgan fingerprint density at radius 1 is 1.11 bits per heavy atom. The molecule has 0 unspecified atom stereocenters. The summed E-state index contributed by atoms with van der Waals surface area (Å²) in [6.07, 6.45) is 1.91. The number of fused-ring (bicyclic) bond motifs is 1. The lowest BCUT2D eigenvalue weighted by atomic mass is 10.1. The van der Waals surface area contributed by atoms with Crippen molar-refractivity contribution < 1.29 is 9.32 Å². The molecule has 8 heteroatoms. The molecule has 0 saturated heterocycles. The number of nitrogens with zero attached hydrogens (tertiary/aromatic N) is 5. The highest BCUT2D eigenvalue weighted by Gasteiger charge is 2.13. The average molecular weight is 362 g/mol. The Morgan fingerprint density at radius 3 is 2.59 bits per heavy atom. The van der Waals surface area contributed by atoms with E-state index >= 15 is 0 Å². The van der Waals surface area contributed by atoms with Gasteiger partial charge in [-0.2, -0.15) is 4.98 Å². The van der Waals surface area contributed by atoms with E-state index < -0.39 is 0 Å². The standard InChI is InChI=1S/C19H18N6O2/c1-11-6-12(2)8-15(7-11)21-18(26)10-17-23-22-16-9-14(4-5-25(16)17)19-20-13(3)24-27-19/h4-9H,10H2,1-3H3,(H,21,26). The maximum atomic E-state index is 12.4. The Kier molecular flexibility index (Phi) is 4.15. The summed E-state index contributed by atoms with van der Waals surface area (Å²) in [4.78, 5) is 16.6. The second kappa shape index (κ2) is 6.64. The first-order valence-corrected chi connectivity index (χ1v) is 8.50. The SMILES string of the molecule is Cc1cc(C)cc(NC(=O)Cc2nnc3cc(-c4nc(C)no4)ccn23)c1. The molecular weight excluding hydrogens is 344 g/mol. The van der Waals surface area contributed by atoms with Crippen LogP contribution in [0.15, 0.2) is 41.1 Å². The summed E-state index contributed by atoms with van der Waals surface area (Å²) in [5, 5.41) is 15.0. The minimum absolute atomic E-state index is 0.118. The first-order chi connectivity index (χ1) is 13.0. The predicted octanol–water partition coefficient (Wildman–Crippen LogP) is 2.89. The van der Waals surface area contributed by atoms with Crippen molar-refractivity contribution >= 4 is 17.2 Å². The number of hydrogen-bond donors (Lipinski definition) is 1. The summed E-state index contributed by atoms with van der Waals surface area (Å²) in [5.41, 5.74) is 4.34. The molecule has 1 amide bonds. The highest BCUT2D eigenvalue weighted by Crippen LogP contribution is 2.19. The smallest absolute Gasteiger partial charge is 0.258 e. The van der Waals surface area contributed by atoms with E-state index in [-0.39, 0.29) is 12.3 Å². The molecule has 1 aromatic carbocycles. The number of anilines is 1.